The van der Waals surface area contributed by atoms with E-state index in [4.69, 9.17) is 4.74 Å². The number of pyridine rings is 1. The first-order chi connectivity index (χ1) is 12.0. The number of benzene rings is 1. The van der Waals surface area contributed by atoms with E-state index >= 15 is 0 Å². The molecule has 128 valence electrons. The highest BCUT2D eigenvalue weighted by molar-refractivity contribution is 5.60. The van der Waals surface area contributed by atoms with Gasteiger partial charge in [0.05, 0.1) is 24.1 Å². The summed E-state index contributed by atoms with van der Waals surface area (Å²) in [7, 11) is 0. The molecule has 3 aromatic rings. The van der Waals surface area contributed by atoms with Crippen LogP contribution in [-0.2, 0) is 12.8 Å². The summed E-state index contributed by atoms with van der Waals surface area (Å²) in [5.74, 6) is 0.434. The van der Waals surface area contributed by atoms with E-state index in [1.807, 2.05) is 0 Å². The van der Waals surface area contributed by atoms with Crippen LogP contribution in [0.1, 0.15) is 11.3 Å². The van der Waals surface area contributed by atoms with Crippen molar-refractivity contribution in [1.82, 2.24) is 15.0 Å². The van der Waals surface area contributed by atoms with E-state index in [1.165, 1.54) is 30.7 Å². The third kappa shape index (κ3) is 3.92. The van der Waals surface area contributed by atoms with Gasteiger partial charge in [0.2, 0.25) is 5.88 Å². The monoisotopic (exact) mass is 347 g/mol. The molecule has 0 radical (unpaired) electrons. The average molecular weight is 347 g/mol. The van der Waals surface area contributed by atoms with Gasteiger partial charge >= 0.3 is 6.18 Å². The van der Waals surface area contributed by atoms with E-state index in [0.29, 0.717) is 5.75 Å². The van der Waals surface area contributed by atoms with Crippen molar-refractivity contribution in [2.24, 2.45) is 0 Å². The lowest BCUT2D eigenvalue weighted by atomic mass is 10.1. The molecule has 25 heavy (non-hydrogen) atoms. The predicted octanol–water partition coefficient (Wildman–Crippen LogP) is 3.84. The van der Waals surface area contributed by atoms with Crippen LogP contribution in [0.3, 0.4) is 0 Å². The molecule has 0 aliphatic rings. The fourth-order valence-electron chi connectivity index (χ4n) is 2.10. The lowest BCUT2D eigenvalue weighted by Crippen LogP contribution is -2.05. The Balaban J connectivity index is 2.00. The molecule has 0 unspecified atom stereocenters. The summed E-state index contributed by atoms with van der Waals surface area (Å²) < 4.78 is 44.2. The molecule has 0 saturated carbocycles. The zero-order chi connectivity index (χ0) is 17.9. The van der Waals surface area contributed by atoms with Crippen LogP contribution in [0.4, 0.5) is 13.2 Å². The van der Waals surface area contributed by atoms with Crippen LogP contribution >= 0.6 is 0 Å². The van der Waals surface area contributed by atoms with Crippen LogP contribution in [0.15, 0.2) is 55.0 Å². The zero-order valence-corrected chi connectivity index (χ0v) is 12.7. The Morgan fingerprint density at radius 2 is 1.84 bits per heavy atom. The summed E-state index contributed by atoms with van der Waals surface area (Å²) in [4.78, 5) is 12.1. The van der Waals surface area contributed by atoms with Crippen molar-refractivity contribution in [1.29, 1.82) is 0 Å². The van der Waals surface area contributed by atoms with E-state index in [-0.39, 0.29) is 22.8 Å². The maximum absolute atomic E-state index is 12.9. The molecule has 0 atom stereocenters. The highest BCUT2D eigenvalue weighted by atomic mass is 19.4. The van der Waals surface area contributed by atoms with Crippen molar-refractivity contribution in [2.75, 3.05) is 0 Å². The van der Waals surface area contributed by atoms with Gasteiger partial charge in [-0.1, -0.05) is 12.1 Å². The molecular formula is C17H12F3N3O2. The number of aliphatic hydroxyl groups is 1. The van der Waals surface area contributed by atoms with Crippen molar-refractivity contribution in [3.63, 3.8) is 0 Å². The first-order valence-corrected chi connectivity index (χ1v) is 7.19. The van der Waals surface area contributed by atoms with E-state index < -0.39 is 18.3 Å². The summed E-state index contributed by atoms with van der Waals surface area (Å²) in [6, 6.07) is 7.92. The molecule has 2 heterocycles. The number of hydrogen-bond donors (Lipinski definition) is 1. The minimum absolute atomic E-state index is 0.0172. The van der Waals surface area contributed by atoms with Crippen LogP contribution in [0.25, 0.3) is 11.3 Å². The van der Waals surface area contributed by atoms with Crippen LogP contribution in [0.2, 0.25) is 0 Å². The number of hydrogen-bond acceptors (Lipinski definition) is 5. The Hall–Kier alpha value is -3.00. The summed E-state index contributed by atoms with van der Waals surface area (Å²) in [6.45, 7) is -0.420. The Labute approximate surface area is 140 Å². The lowest BCUT2D eigenvalue weighted by Gasteiger charge is -2.11. The van der Waals surface area contributed by atoms with Crippen molar-refractivity contribution in [3.05, 3.63) is 66.2 Å². The van der Waals surface area contributed by atoms with Gasteiger partial charge in [-0.05, 0) is 24.3 Å². The molecule has 1 aromatic carbocycles. The maximum atomic E-state index is 12.9. The van der Waals surface area contributed by atoms with E-state index in [2.05, 4.69) is 15.0 Å². The zero-order valence-electron chi connectivity index (χ0n) is 12.7. The summed E-state index contributed by atoms with van der Waals surface area (Å²) in [6.07, 6.45) is -0.138. The minimum Gasteiger partial charge on any atom is -0.437 e. The first-order valence-electron chi connectivity index (χ1n) is 7.19. The maximum Gasteiger partial charge on any atom is 0.416 e. The lowest BCUT2D eigenvalue weighted by molar-refractivity contribution is -0.137. The second-order valence-corrected chi connectivity index (χ2v) is 5.03. The Morgan fingerprint density at radius 3 is 2.52 bits per heavy atom. The standard InChI is InChI=1S/C17H12F3N3O2/c18-17(19,20)12-3-1-2-11(8-12)14-9-22-15(10-24)16(23-14)25-13-4-6-21-7-5-13/h1-9,24H,10H2. The van der Waals surface area contributed by atoms with Crippen LogP contribution in [-0.4, -0.2) is 20.1 Å². The molecule has 0 spiro atoms. The molecule has 0 fully saturated rings. The second kappa shape index (κ2) is 6.86. The van der Waals surface area contributed by atoms with Crippen LogP contribution < -0.4 is 4.74 Å². The average Bonchev–Trinajstić information content (AvgIpc) is 2.62. The van der Waals surface area contributed by atoms with E-state index in [1.54, 1.807) is 12.1 Å². The van der Waals surface area contributed by atoms with Crippen LogP contribution in [0.5, 0.6) is 11.6 Å². The van der Waals surface area contributed by atoms with Crippen molar-refractivity contribution in [2.45, 2.75) is 12.8 Å². The third-order valence-corrected chi connectivity index (χ3v) is 3.31. The van der Waals surface area contributed by atoms with Gasteiger partial charge in [0.15, 0.2) is 0 Å². The van der Waals surface area contributed by atoms with Gasteiger partial charge in [-0.3, -0.25) is 9.97 Å². The smallest absolute Gasteiger partial charge is 0.416 e. The van der Waals surface area contributed by atoms with Crippen LogP contribution in [0, 0.1) is 0 Å². The molecule has 2 aromatic heterocycles. The quantitative estimate of drug-likeness (QED) is 0.777. The minimum atomic E-state index is -4.45. The second-order valence-electron chi connectivity index (χ2n) is 5.03. The summed E-state index contributed by atoms with van der Waals surface area (Å²) in [5, 5.41) is 9.37. The Kier molecular flexibility index (Phi) is 4.62. The van der Waals surface area contributed by atoms with E-state index in [0.717, 1.165) is 12.1 Å². The molecule has 1 N–H and O–H groups in total. The highest BCUT2D eigenvalue weighted by Gasteiger charge is 2.30. The first kappa shape index (κ1) is 16.8. The van der Waals surface area contributed by atoms with Crippen molar-refractivity contribution < 1.29 is 23.0 Å². The molecule has 0 aliphatic carbocycles. The fraction of sp³-hybridized carbons (Fsp3) is 0.118. The normalized spacial score (nSPS) is 11.4. The van der Waals surface area contributed by atoms with Gasteiger partial charge in [-0.25, -0.2) is 4.98 Å². The van der Waals surface area contributed by atoms with Gasteiger partial charge < -0.3 is 9.84 Å². The molecule has 0 saturated heterocycles. The SMILES string of the molecule is OCc1ncc(-c2cccc(C(F)(F)F)c2)nc1Oc1ccncc1. The summed E-state index contributed by atoms with van der Waals surface area (Å²) >= 11 is 0. The number of ether oxygens (including phenoxy) is 1. The number of alkyl halides is 3. The molecule has 8 heteroatoms. The number of nitrogens with zero attached hydrogens (tertiary/aromatic N) is 3. The molecule has 0 amide bonds. The largest absolute Gasteiger partial charge is 0.437 e. The number of halogens is 3. The summed E-state index contributed by atoms with van der Waals surface area (Å²) in [5.41, 5.74) is -0.166. The third-order valence-electron chi connectivity index (χ3n) is 3.31. The van der Waals surface area contributed by atoms with Gasteiger partial charge in [0, 0.05) is 18.0 Å². The molecule has 5 nitrogen and oxygen atoms in total. The molecular weight excluding hydrogens is 335 g/mol. The number of aliphatic hydroxyl groups excluding tert-OH is 1. The molecule has 0 aliphatic heterocycles. The topological polar surface area (TPSA) is 68.1 Å². The number of rotatable bonds is 4. The van der Waals surface area contributed by atoms with Gasteiger partial charge in [-0.2, -0.15) is 13.2 Å². The van der Waals surface area contributed by atoms with Crippen molar-refractivity contribution in [3.8, 4) is 22.9 Å². The van der Waals surface area contributed by atoms with Gasteiger partial charge in [0.25, 0.3) is 0 Å². The van der Waals surface area contributed by atoms with Crippen molar-refractivity contribution >= 4 is 0 Å². The van der Waals surface area contributed by atoms with E-state index in [9.17, 15) is 18.3 Å². The molecule has 0 bridgehead atoms. The fourth-order valence-corrected chi connectivity index (χ4v) is 2.10. The highest BCUT2D eigenvalue weighted by Crippen LogP contribution is 2.32. The Bertz CT molecular complexity index is 871. The van der Waals surface area contributed by atoms with Gasteiger partial charge in [0.1, 0.15) is 11.4 Å². The number of aromatic nitrogens is 3. The Morgan fingerprint density at radius 1 is 1.08 bits per heavy atom. The predicted molar refractivity (Wildman–Crippen MR) is 82.7 cm³/mol. The van der Waals surface area contributed by atoms with Gasteiger partial charge in [-0.15, -0.1) is 0 Å². The molecule has 3 rings (SSSR count).